The Morgan fingerprint density at radius 1 is 1.17 bits per heavy atom. The van der Waals surface area contributed by atoms with E-state index in [2.05, 4.69) is 76.6 Å². The summed E-state index contributed by atoms with van der Waals surface area (Å²) in [6.45, 7) is 18.8. The molecule has 0 saturated carbocycles. The Balaban J connectivity index is 2.47. The van der Waals surface area contributed by atoms with Crippen LogP contribution in [0, 0.1) is 6.92 Å². The van der Waals surface area contributed by atoms with Crippen molar-refractivity contribution in [1.82, 2.24) is 0 Å². The van der Waals surface area contributed by atoms with Gasteiger partial charge in [-0.1, -0.05) is 86.5 Å². The molecule has 0 aromatic heterocycles. The number of hydrogen-bond acceptors (Lipinski definition) is 1. The fourth-order valence-corrected chi connectivity index (χ4v) is 7.62. The van der Waals surface area contributed by atoms with Gasteiger partial charge in [-0.2, -0.15) is 0 Å². The van der Waals surface area contributed by atoms with Crippen LogP contribution >= 0.6 is 0 Å². The van der Waals surface area contributed by atoms with E-state index in [9.17, 15) is 0 Å². The summed E-state index contributed by atoms with van der Waals surface area (Å²) in [5.41, 5.74) is 2.76. The Kier molecular flexibility index (Phi) is 5.76. The minimum Gasteiger partial charge on any atom is -0.489 e. The lowest BCUT2D eigenvalue weighted by Crippen LogP contribution is -2.40. The van der Waals surface area contributed by atoms with Crippen LogP contribution in [-0.2, 0) is 6.04 Å². The highest BCUT2D eigenvalue weighted by molar-refractivity contribution is 6.89. The van der Waals surface area contributed by atoms with E-state index in [1.54, 1.807) is 5.20 Å². The second-order valence-corrected chi connectivity index (χ2v) is 18.3. The molecule has 0 heterocycles. The average molecular weight is 357 g/mol. The molecular weight excluding hydrogens is 324 g/mol. The Morgan fingerprint density at radius 2 is 1.88 bits per heavy atom. The summed E-state index contributed by atoms with van der Waals surface area (Å²) in [5.74, 6) is 1.15. The SMILES string of the molecule is C=CCOc1c(C[Si](C)(C)C2=CC=CC2)cc(C)cc1[Si](C)(C)C. The second-order valence-electron chi connectivity index (χ2n) is 8.54. The van der Waals surface area contributed by atoms with Crippen LogP contribution in [0.15, 0.2) is 48.2 Å². The first-order chi connectivity index (χ1) is 11.1. The fourth-order valence-electron chi connectivity index (χ4n) is 3.39. The zero-order valence-corrected chi connectivity index (χ0v) is 18.2. The van der Waals surface area contributed by atoms with E-state index in [1.807, 2.05) is 6.08 Å². The molecule has 0 fully saturated rings. The fraction of sp³-hybridized carbons (Fsp3) is 0.429. The molecule has 2 rings (SSSR count). The van der Waals surface area contributed by atoms with E-state index in [4.69, 9.17) is 4.74 Å². The summed E-state index contributed by atoms with van der Waals surface area (Å²) >= 11 is 0. The number of aryl methyl sites for hydroxylation is 1. The van der Waals surface area contributed by atoms with Crippen LogP contribution in [0.5, 0.6) is 5.75 Å². The third-order valence-electron chi connectivity index (χ3n) is 4.74. The quantitative estimate of drug-likeness (QED) is 0.474. The number of rotatable bonds is 7. The molecule has 0 spiro atoms. The van der Waals surface area contributed by atoms with Crippen molar-refractivity contribution in [1.29, 1.82) is 0 Å². The van der Waals surface area contributed by atoms with Crippen molar-refractivity contribution in [3.63, 3.8) is 0 Å². The standard InChI is InChI=1S/C21H32OSi2/c1-8-13-22-21-18(14-17(2)15-20(21)23(3,4)5)16-24(6,7)19-11-9-10-12-19/h8-11,14-15H,1,12-13,16H2,2-7H3. The topological polar surface area (TPSA) is 9.23 Å². The lowest BCUT2D eigenvalue weighted by atomic mass is 10.1. The molecule has 1 aliphatic rings. The number of ether oxygens (including phenoxy) is 1. The molecule has 0 atom stereocenters. The van der Waals surface area contributed by atoms with Gasteiger partial charge in [0.05, 0.1) is 16.1 Å². The van der Waals surface area contributed by atoms with E-state index in [1.165, 1.54) is 16.3 Å². The van der Waals surface area contributed by atoms with Gasteiger partial charge in [-0.15, -0.1) is 0 Å². The van der Waals surface area contributed by atoms with Crippen molar-refractivity contribution >= 4 is 21.3 Å². The van der Waals surface area contributed by atoms with Gasteiger partial charge in [-0.3, -0.25) is 0 Å². The van der Waals surface area contributed by atoms with Gasteiger partial charge in [0.25, 0.3) is 0 Å². The van der Waals surface area contributed by atoms with E-state index >= 15 is 0 Å². The highest BCUT2D eigenvalue weighted by Crippen LogP contribution is 2.31. The van der Waals surface area contributed by atoms with Gasteiger partial charge in [0.15, 0.2) is 0 Å². The van der Waals surface area contributed by atoms with Crippen molar-refractivity contribution in [2.24, 2.45) is 0 Å². The van der Waals surface area contributed by atoms with Crippen molar-refractivity contribution in [2.75, 3.05) is 6.61 Å². The van der Waals surface area contributed by atoms with Crippen LogP contribution in [0.4, 0.5) is 0 Å². The molecule has 1 nitrogen and oxygen atoms in total. The summed E-state index contributed by atoms with van der Waals surface area (Å²) in [7, 11) is -2.95. The molecule has 0 radical (unpaired) electrons. The maximum Gasteiger partial charge on any atom is 0.121 e. The third-order valence-corrected chi connectivity index (χ3v) is 10.1. The molecule has 130 valence electrons. The monoisotopic (exact) mass is 356 g/mol. The van der Waals surface area contributed by atoms with Crippen molar-refractivity contribution in [2.45, 2.75) is 52.1 Å². The maximum absolute atomic E-state index is 6.21. The Hall–Kier alpha value is -1.33. The normalized spacial score (nSPS) is 14.7. The molecule has 0 amide bonds. The Bertz CT molecular complexity index is 676. The lowest BCUT2D eigenvalue weighted by molar-refractivity contribution is 0.363. The molecular formula is C21H32OSi2. The van der Waals surface area contributed by atoms with Gasteiger partial charge in [0.2, 0.25) is 0 Å². The van der Waals surface area contributed by atoms with Gasteiger partial charge in [0.1, 0.15) is 12.4 Å². The molecule has 0 aliphatic heterocycles. The minimum atomic E-state index is -1.48. The average Bonchev–Trinajstić information content (AvgIpc) is 2.99. The Morgan fingerprint density at radius 3 is 2.42 bits per heavy atom. The van der Waals surface area contributed by atoms with E-state index in [0.717, 1.165) is 18.2 Å². The summed E-state index contributed by atoms with van der Waals surface area (Å²) in [5, 5.41) is 3.09. The van der Waals surface area contributed by atoms with Crippen molar-refractivity contribution < 1.29 is 4.74 Å². The highest BCUT2D eigenvalue weighted by atomic mass is 28.3. The molecule has 0 unspecified atom stereocenters. The van der Waals surface area contributed by atoms with Gasteiger partial charge < -0.3 is 4.74 Å². The van der Waals surface area contributed by atoms with E-state index < -0.39 is 16.1 Å². The summed E-state index contributed by atoms with van der Waals surface area (Å²) in [6, 6.07) is 5.84. The van der Waals surface area contributed by atoms with Crippen LogP contribution in [0.2, 0.25) is 32.7 Å². The van der Waals surface area contributed by atoms with Crippen molar-refractivity contribution in [3.05, 3.63) is 59.3 Å². The van der Waals surface area contributed by atoms with Gasteiger partial charge in [-0.25, -0.2) is 0 Å². The minimum absolute atomic E-state index is 0.583. The first kappa shape index (κ1) is 19.0. The first-order valence-electron chi connectivity index (χ1n) is 8.89. The Labute approximate surface area is 150 Å². The molecule has 0 bridgehead atoms. The molecule has 1 aromatic carbocycles. The smallest absolute Gasteiger partial charge is 0.121 e. The van der Waals surface area contributed by atoms with E-state index in [0.29, 0.717) is 6.61 Å². The van der Waals surface area contributed by atoms with Crippen LogP contribution in [0.3, 0.4) is 0 Å². The second kappa shape index (κ2) is 7.28. The van der Waals surface area contributed by atoms with Crippen LogP contribution < -0.4 is 9.92 Å². The third kappa shape index (κ3) is 4.39. The van der Waals surface area contributed by atoms with Gasteiger partial charge >= 0.3 is 0 Å². The molecule has 1 aromatic rings. The number of allylic oxidation sites excluding steroid dienone is 4. The van der Waals surface area contributed by atoms with Gasteiger partial charge in [0, 0.05) is 0 Å². The summed E-state index contributed by atoms with van der Waals surface area (Å²) < 4.78 is 6.21. The summed E-state index contributed by atoms with van der Waals surface area (Å²) in [4.78, 5) is 0. The molecule has 1 aliphatic carbocycles. The molecule has 0 N–H and O–H groups in total. The first-order valence-corrected chi connectivity index (χ1v) is 15.6. The number of hydrogen-bond donors (Lipinski definition) is 0. The lowest BCUT2D eigenvalue weighted by Gasteiger charge is -2.29. The highest BCUT2D eigenvalue weighted by Gasteiger charge is 2.30. The van der Waals surface area contributed by atoms with Gasteiger partial charge in [-0.05, 0) is 30.1 Å². The van der Waals surface area contributed by atoms with E-state index in [-0.39, 0.29) is 0 Å². The van der Waals surface area contributed by atoms with Crippen LogP contribution in [0.25, 0.3) is 0 Å². The number of benzene rings is 1. The predicted octanol–water partition coefficient (Wildman–Crippen LogP) is 5.32. The largest absolute Gasteiger partial charge is 0.489 e. The zero-order chi connectivity index (χ0) is 18.0. The van der Waals surface area contributed by atoms with Crippen molar-refractivity contribution in [3.8, 4) is 5.75 Å². The molecule has 0 saturated heterocycles. The molecule has 24 heavy (non-hydrogen) atoms. The maximum atomic E-state index is 6.21. The van der Waals surface area contributed by atoms with Crippen LogP contribution in [-0.4, -0.2) is 22.8 Å². The molecule has 3 heteroatoms. The predicted molar refractivity (Wildman–Crippen MR) is 113 cm³/mol. The summed E-state index contributed by atoms with van der Waals surface area (Å²) in [6.07, 6.45) is 9.82. The zero-order valence-electron chi connectivity index (χ0n) is 16.2. The van der Waals surface area contributed by atoms with Crippen LogP contribution in [0.1, 0.15) is 17.5 Å².